The third kappa shape index (κ3) is 5.38. The highest BCUT2D eigenvalue weighted by Crippen LogP contribution is 2.40. The van der Waals surface area contributed by atoms with E-state index in [2.05, 4.69) is 0 Å². The molecule has 0 unspecified atom stereocenters. The largest absolute Gasteiger partial charge is 0.507 e. The van der Waals surface area contributed by atoms with Crippen LogP contribution in [-0.4, -0.2) is 44.2 Å². The van der Waals surface area contributed by atoms with E-state index in [1.807, 2.05) is 0 Å². The van der Waals surface area contributed by atoms with Gasteiger partial charge < -0.3 is 15.1 Å². The molecule has 3 rings (SSSR count). The monoisotopic (exact) mass is 472 g/mol. The molecule has 2 N–H and O–H groups in total. The molecule has 33 heavy (non-hydrogen) atoms. The Morgan fingerprint density at radius 3 is 2.39 bits per heavy atom. The lowest BCUT2D eigenvalue weighted by Gasteiger charge is -2.25. The first-order valence-electron chi connectivity index (χ1n) is 10.2. The predicted molar refractivity (Wildman–Crippen MR) is 120 cm³/mol. The molecule has 1 saturated heterocycles. The van der Waals surface area contributed by atoms with Crippen molar-refractivity contribution in [2.24, 2.45) is 0 Å². The number of unbranched alkanes of at least 4 members (excludes halogenated alkanes) is 2. The number of carbonyl (C=O) groups is 3. The second-order valence-corrected chi connectivity index (χ2v) is 7.99. The number of nitrogens with zero attached hydrogens (tertiary/aromatic N) is 2. The zero-order chi connectivity index (χ0) is 24.1. The molecular formula is C23H21ClN2O7. The number of nitro groups is 1. The van der Waals surface area contributed by atoms with Crippen LogP contribution in [0.15, 0.2) is 54.1 Å². The van der Waals surface area contributed by atoms with Crippen molar-refractivity contribution in [1.29, 1.82) is 0 Å². The first kappa shape index (κ1) is 23.9. The lowest BCUT2D eigenvalue weighted by Crippen LogP contribution is -2.30. The van der Waals surface area contributed by atoms with Gasteiger partial charge in [-0.1, -0.05) is 30.2 Å². The Bertz CT molecular complexity index is 1130. The number of aliphatic carboxylic acids is 1. The number of hydrogen-bond donors (Lipinski definition) is 2. The summed E-state index contributed by atoms with van der Waals surface area (Å²) < 4.78 is 0. The highest BCUT2D eigenvalue weighted by atomic mass is 35.5. The summed E-state index contributed by atoms with van der Waals surface area (Å²) in [6.45, 7) is 0.120. The van der Waals surface area contributed by atoms with Crippen LogP contribution in [0.3, 0.4) is 0 Å². The van der Waals surface area contributed by atoms with E-state index in [9.17, 15) is 29.6 Å². The van der Waals surface area contributed by atoms with Crippen LogP contribution < -0.4 is 0 Å². The molecule has 1 atom stereocenters. The number of aliphatic hydroxyl groups excluding tert-OH is 1. The average Bonchev–Trinajstić information content (AvgIpc) is 3.03. The van der Waals surface area contributed by atoms with Crippen LogP contribution in [-0.2, 0) is 14.4 Å². The van der Waals surface area contributed by atoms with E-state index in [1.165, 1.54) is 47.4 Å². The van der Waals surface area contributed by atoms with Crippen LogP contribution in [0.25, 0.3) is 5.76 Å². The van der Waals surface area contributed by atoms with Crippen molar-refractivity contribution < 1.29 is 29.5 Å². The number of nitro benzene ring substituents is 1. The fraction of sp³-hybridized carbons (Fsp3) is 0.261. The maximum Gasteiger partial charge on any atom is 0.303 e. The third-order valence-electron chi connectivity index (χ3n) is 5.34. The van der Waals surface area contributed by atoms with Crippen molar-refractivity contribution in [3.8, 4) is 0 Å². The number of carboxylic acids is 1. The molecule has 1 aliphatic heterocycles. The van der Waals surface area contributed by atoms with Crippen molar-refractivity contribution >= 4 is 40.7 Å². The molecule has 0 saturated carbocycles. The van der Waals surface area contributed by atoms with Gasteiger partial charge in [0.15, 0.2) is 0 Å². The van der Waals surface area contributed by atoms with Crippen molar-refractivity contribution in [2.75, 3.05) is 6.54 Å². The van der Waals surface area contributed by atoms with Crippen LogP contribution in [0.1, 0.15) is 42.9 Å². The first-order valence-corrected chi connectivity index (χ1v) is 10.6. The molecule has 10 heteroatoms. The van der Waals surface area contributed by atoms with Crippen molar-refractivity contribution in [1.82, 2.24) is 4.90 Å². The van der Waals surface area contributed by atoms with E-state index in [-0.39, 0.29) is 29.8 Å². The fourth-order valence-corrected chi connectivity index (χ4v) is 3.89. The number of halogens is 1. The molecule has 1 fully saturated rings. The van der Waals surface area contributed by atoms with Gasteiger partial charge in [0.25, 0.3) is 17.4 Å². The van der Waals surface area contributed by atoms with Gasteiger partial charge in [0.1, 0.15) is 5.76 Å². The summed E-state index contributed by atoms with van der Waals surface area (Å²) in [5, 5.41) is 31.4. The minimum absolute atomic E-state index is 0.0102. The minimum atomic E-state index is -1.03. The molecule has 0 spiro atoms. The van der Waals surface area contributed by atoms with E-state index in [0.717, 1.165) is 0 Å². The number of amides is 1. The van der Waals surface area contributed by atoms with Crippen LogP contribution in [0.5, 0.6) is 0 Å². The van der Waals surface area contributed by atoms with Gasteiger partial charge in [0.2, 0.25) is 0 Å². The zero-order valence-electron chi connectivity index (χ0n) is 17.4. The molecule has 0 aliphatic carbocycles. The van der Waals surface area contributed by atoms with Crippen LogP contribution in [0, 0.1) is 10.1 Å². The maximum atomic E-state index is 12.9. The average molecular weight is 473 g/mol. The standard InChI is InChI=1S/C23H21ClN2O7/c24-16-10-8-14(9-11-16)21(29)19-20(15-5-4-6-17(13-15)26(32)33)25(23(31)22(19)30)12-3-1-2-7-18(27)28/h4-6,8-11,13,20,29H,1-3,7,12H2,(H,27,28)/b21-19+/t20-/m0/s1. The highest BCUT2D eigenvalue weighted by molar-refractivity contribution is 6.46. The topological polar surface area (TPSA) is 138 Å². The number of carboxylic acid groups (broad SMARTS) is 1. The molecule has 0 aromatic heterocycles. The Balaban J connectivity index is 2.02. The number of non-ortho nitro benzene ring substituents is 1. The summed E-state index contributed by atoms with van der Waals surface area (Å²) in [4.78, 5) is 48.5. The molecule has 1 heterocycles. The Hall–Kier alpha value is -3.72. The van der Waals surface area contributed by atoms with E-state index in [1.54, 1.807) is 6.07 Å². The van der Waals surface area contributed by atoms with E-state index >= 15 is 0 Å². The number of hydrogen-bond acceptors (Lipinski definition) is 6. The number of Topliss-reactive ketones (excluding diaryl/α,β-unsaturated/α-hetero) is 1. The Labute approximate surface area is 194 Å². The summed E-state index contributed by atoms with van der Waals surface area (Å²) in [5.41, 5.74) is 0.193. The summed E-state index contributed by atoms with van der Waals surface area (Å²) in [6, 6.07) is 10.6. The quantitative estimate of drug-likeness (QED) is 0.138. The molecule has 2 aromatic rings. The molecular weight excluding hydrogens is 452 g/mol. The van der Waals surface area contributed by atoms with Gasteiger partial charge >= 0.3 is 5.97 Å². The lowest BCUT2D eigenvalue weighted by atomic mass is 9.95. The van der Waals surface area contributed by atoms with Gasteiger partial charge in [-0.05, 0) is 42.7 Å². The molecule has 1 amide bonds. The van der Waals surface area contributed by atoms with Crippen molar-refractivity contribution in [3.63, 3.8) is 0 Å². The first-order chi connectivity index (χ1) is 15.7. The molecule has 0 bridgehead atoms. The number of ketones is 1. The SMILES string of the molecule is O=C(O)CCCCCN1C(=O)C(=O)/C(=C(/O)c2ccc(Cl)cc2)[C@@H]1c1cccc([N+](=O)[O-])c1. The van der Waals surface area contributed by atoms with E-state index < -0.39 is 34.4 Å². The fourth-order valence-electron chi connectivity index (χ4n) is 3.76. The molecule has 172 valence electrons. The second kappa shape index (κ2) is 10.3. The summed E-state index contributed by atoms with van der Waals surface area (Å²) in [7, 11) is 0. The summed E-state index contributed by atoms with van der Waals surface area (Å²) >= 11 is 5.90. The second-order valence-electron chi connectivity index (χ2n) is 7.56. The molecule has 9 nitrogen and oxygen atoms in total. The van der Waals surface area contributed by atoms with Crippen LogP contribution in [0.2, 0.25) is 5.02 Å². The van der Waals surface area contributed by atoms with E-state index in [4.69, 9.17) is 16.7 Å². The van der Waals surface area contributed by atoms with Crippen LogP contribution in [0.4, 0.5) is 5.69 Å². The predicted octanol–water partition coefficient (Wildman–Crippen LogP) is 4.31. The molecule has 2 aromatic carbocycles. The third-order valence-corrected chi connectivity index (χ3v) is 5.60. The maximum absolute atomic E-state index is 12.9. The van der Waals surface area contributed by atoms with Gasteiger partial charge in [-0.15, -0.1) is 0 Å². The Morgan fingerprint density at radius 1 is 1.06 bits per heavy atom. The van der Waals surface area contributed by atoms with Crippen molar-refractivity contribution in [2.45, 2.75) is 31.7 Å². The van der Waals surface area contributed by atoms with Gasteiger partial charge in [-0.2, -0.15) is 0 Å². The summed E-state index contributed by atoms with van der Waals surface area (Å²) in [5.74, 6) is -3.06. The van der Waals surface area contributed by atoms with E-state index in [0.29, 0.717) is 29.8 Å². The van der Waals surface area contributed by atoms with Gasteiger partial charge in [-0.25, -0.2) is 0 Å². The highest BCUT2D eigenvalue weighted by Gasteiger charge is 2.46. The number of likely N-dealkylation sites (tertiary alicyclic amines) is 1. The van der Waals surface area contributed by atoms with Gasteiger partial charge in [-0.3, -0.25) is 24.5 Å². The van der Waals surface area contributed by atoms with Crippen molar-refractivity contribution in [3.05, 3.63) is 80.4 Å². The molecule has 0 radical (unpaired) electrons. The normalized spacial score (nSPS) is 17.4. The number of rotatable bonds is 9. The smallest absolute Gasteiger partial charge is 0.303 e. The Morgan fingerprint density at radius 2 is 1.76 bits per heavy atom. The number of carbonyl (C=O) groups excluding carboxylic acids is 2. The number of benzene rings is 2. The minimum Gasteiger partial charge on any atom is -0.507 e. The lowest BCUT2D eigenvalue weighted by molar-refractivity contribution is -0.384. The number of aliphatic hydroxyl groups is 1. The molecule has 1 aliphatic rings. The van der Waals surface area contributed by atoms with Gasteiger partial charge in [0, 0.05) is 35.7 Å². The van der Waals surface area contributed by atoms with Crippen LogP contribution >= 0.6 is 11.6 Å². The Kier molecular flexibility index (Phi) is 7.44. The van der Waals surface area contributed by atoms with Gasteiger partial charge in [0.05, 0.1) is 16.5 Å². The zero-order valence-corrected chi connectivity index (χ0v) is 18.2. The summed E-state index contributed by atoms with van der Waals surface area (Å²) in [6.07, 6.45) is 1.33.